The third kappa shape index (κ3) is 2.91. The molecule has 0 aromatic heterocycles. The first-order valence-electron chi connectivity index (χ1n) is 5.50. The van der Waals surface area contributed by atoms with Crippen LogP contribution in [0.3, 0.4) is 0 Å². The molecule has 0 radical (unpaired) electrons. The SMILES string of the molecule is Cc1ccc(C)c(/N=N/c2ccc(N)cc2)c1. The van der Waals surface area contributed by atoms with Crippen LogP contribution in [0, 0.1) is 13.8 Å². The minimum atomic E-state index is 0.732. The van der Waals surface area contributed by atoms with Crippen LogP contribution in [-0.4, -0.2) is 0 Å². The number of benzene rings is 2. The van der Waals surface area contributed by atoms with Crippen molar-refractivity contribution in [2.75, 3.05) is 5.73 Å². The third-order valence-corrected chi connectivity index (χ3v) is 2.53. The van der Waals surface area contributed by atoms with Gasteiger partial charge in [0.05, 0.1) is 11.4 Å². The number of aryl methyl sites for hydroxylation is 2. The number of nitrogens with two attached hydrogens (primary N) is 1. The standard InChI is InChI=1S/C14H15N3/c1-10-3-4-11(2)14(9-10)17-16-13-7-5-12(15)6-8-13/h3-9H,15H2,1-2H3/b17-16+. The lowest BCUT2D eigenvalue weighted by Crippen LogP contribution is -1.80. The molecule has 0 unspecified atom stereocenters. The summed E-state index contributed by atoms with van der Waals surface area (Å²) in [6, 6.07) is 13.5. The summed E-state index contributed by atoms with van der Waals surface area (Å²) in [5.41, 5.74) is 10.4. The van der Waals surface area contributed by atoms with Crippen LogP contribution in [-0.2, 0) is 0 Å². The molecule has 0 atom stereocenters. The van der Waals surface area contributed by atoms with Gasteiger partial charge < -0.3 is 5.73 Å². The number of rotatable bonds is 2. The van der Waals surface area contributed by atoms with Crippen molar-refractivity contribution in [3.63, 3.8) is 0 Å². The number of hydrogen-bond donors (Lipinski definition) is 1. The smallest absolute Gasteiger partial charge is 0.0888 e. The molecule has 3 heteroatoms. The second kappa shape index (κ2) is 4.78. The lowest BCUT2D eigenvalue weighted by molar-refractivity contribution is 1.20. The van der Waals surface area contributed by atoms with E-state index in [0.717, 1.165) is 22.6 Å². The van der Waals surface area contributed by atoms with Crippen molar-refractivity contribution in [1.82, 2.24) is 0 Å². The Hall–Kier alpha value is -2.16. The molecule has 0 saturated carbocycles. The first-order chi connectivity index (χ1) is 8.15. The summed E-state index contributed by atoms with van der Waals surface area (Å²) in [6.07, 6.45) is 0. The van der Waals surface area contributed by atoms with Crippen LogP contribution < -0.4 is 5.73 Å². The Labute approximate surface area is 101 Å². The number of anilines is 1. The van der Waals surface area contributed by atoms with Crippen molar-refractivity contribution in [2.45, 2.75) is 13.8 Å². The Kier molecular flexibility index (Phi) is 3.19. The molecule has 0 spiro atoms. The van der Waals surface area contributed by atoms with Crippen molar-refractivity contribution in [2.24, 2.45) is 10.2 Å². The number of azo groups is 1. The van der Waals surface area contributed by atoms with Crippen LogP contribution in [0.4, 0.5) is 17.1 Å². The Bertz CT molecular complexity index is 542. The van der Waals surface area contributed by atoms with E-state index in [-0.39, 0.29) is 0 Å². The first kappa shape index (κ1) is 11.3. The van der Waals surface area contributed by atoms with Gasteiger partial charge in [-0.25, -0.2) is 0 Å². The molecule has 3 nitrogen and oxygen atoms in total. The second-order valence-corrected chi connectivity index (χ2v) is 4.08. The van der Waals surface area contributed by atoms with E-state index in [1.165, 1.54) is 5.56 Å². The van der Waals surface area contributed by atoms with Crippen molar-refractivity contribution in [1.29, 1.82) is 0 Å². The highest BCUT2D eigenvalue weighted by Crippen LogP contribution is 2.23. The minimum Gasteiger partial charge on any atom is -0.399 e. The molecule has 0 amide bonds. The van der Waals surface area contributed by atoms with Crippen molar-refractivity contribution >= 4 is 17.1 Å². The van der Waals surface area contributed by atoms with Gasteiger partial charge in [-0.3, -0.25) is 0 Å². The lowest BCUT2D eigenvalue weighted by Gasteiger charge is -2.00. The summed E-state index contributed by atoms with van der Waals surface area (Å²) in [4.78, 5) is 0. The van der Waals surface area contributed by atoms with Gasteiger partial charge in [0.2, 0.25) is 0 Å². The molecule has 0 saturated heterocycles. The fourth-order valence-corrected chi connectivity index (χ4v) is 1.48. The lowest BCUT2D eigenvalue weighted by atomic mass is 10.1. The minimum absolute atomic E-state index is 0.732. The molecule has 0 aliphatic rings. The monoisotopic (exact) mass is 225 g/mol. The molecular formula is C14H15N3. The molecule has 17 heavy (non-hydrogen) atoms. The largest absolute Gasteiger partial charge is 0.399 e. The van der Waals surface area contributed by atoms with E-state index in [4.69, 9.17) is 5.73 Å². The predicted octanol–water partition coefficient (Wildman–Crippen LogP) is 4.30. The van der Waals surface area contributed by atoms with E-state index >= 15 is 0 Å². The van der Waals surface area contributed by atoms with E-state index < -0.39 is 0 Å². The topological polar surface area (TPSA) is 50.7 Å². The number of hydrogen-bond acceptors (Lipinski definition) is 3. The summed E-state index contributed by atoms with van der Waals surface area (Å²) in [5, 5.41) is 8.44. The highest BCUT2D eigenvalue weighted by atomic mass is 15.1. The third-order valence-electron chi connectivity index (χ3n) is 2.53. The molecule has 2 aromatic carbocycles. The Morgan fingerprint density at radius 2 is 1.59 bits per heavy atom. The average molecular weight is 225 g/mol. The van der Waals surface area contributed by atoms with Gasteiger partial charge in [-0.1, -0.05) is 12.1 Å². The predicted molar refractivity (Wildman–Crippen MR) is 70.9 cm³/mol. The quantitative estimate of drug-likeness (QED) is 0.601. The summed E-state index contributed by atoms with van der Waals surface area (Å²) in [6.45, 7) is 4.07. The zero-order chi connectivity index (χ0) is 12.3. The fourth-order valence-electron chi connectivity index (χ4n) is 1.48. The molecule has 2 aromatic rings. The van der Waals surface area contributed by atoms with Gasteiger partial charge in [-0.05, 0) is 55.3 Å². The van der Waals surface area contributed by atoms with Crippen LogP contribution in [0.2, 0.25) is 0 Å². The van der Waals surface area contributed by atoms with E-state index in [9.17, 15) is 0 Å². The summed E-state index contributed by atoms with van der Waals surface area (Å²) < 4.78 is 0. The molecule has 0 bridgehead atoms. The van der Waals surface area contributed by atoms with Crippen LogP contribution in [0.1, 0.15) is 11.1 Å². The highest BCUT2D eigenvalue weighted by molar-refractivity contribution is 5.50. The molecule has 86 valence electrons. The van der Waals surface area contributed by atoms with E-state index in [1.54, 1.807) is 0 Å². The molecule has 2 N–H and O–H groups in total. The molecule has 0 aliphatic carbocycles. The normalized spacial score (nSPS) is 10.9. The van der Waals surface area contributed by atoms with Gasteiger partial charge in [-0.2, -0.15) is 10.2 Å². The van der Waals surface area contributed by atoms with Gasteiger partial charge in [0.15, 0.2) is 0 Å². The van der Waals surface area contributed by atoms with E-state index in [0.29, 0.717) is 0 Å². The molecule has 0 aliphatic heterocycles. The Balaban J connectivity index is 2.25. The maximum absolute atomic E-state index is 5.61. The zero-order valence-electron chi connectivity index (χ0n) is 10.0. The van der Waals surface area contributed by atoms with Crippen LogP contribution in [0.25, 0.3) is 0 Å². The Morgan fingerprint density at radius 1 is 0.882 bits per heavy atom. The fraction of sp³-hybridized carbons (Fsp3) is 0.143. The zero-order valence-corrected chi connectivity index (χ0v) is 10.0. The van der Waals surface area contributed by atoms with Gasteiger partial charge in [-0.15, -0.1) is 0 Å². The molecular weight excluding hydrogens is 210 g/mol. The summed E-state index contributed by atoms with van der Waals surface area (Å²) >= 11 is 0. The van der Waals surface area contributed by atoms with Crippen molar-refractivity contribution in [3.05, 3.63) is 53.6 Å². The second-order valence-electron chi connectivity index (χ2n) is 4.08. The van der Waals surface area contributed by atoms with Gasteiger partial charge in [0, 0.05) is 5.69 Å². The maximum atomic E-state index is 5.61. The van der Waals surface area contributed by atoms with E-state index in [1.807, 2.05) is 50.2 Å². The summed E-state index contributed by atoms with van der Waals surface area (Å²) in [7, 11) is 0. The van der Waals surface area contributed by atoms with Gasteiger partial charge >= 0.3 is 0 Å². The van der Waals surface area contributed by atoms with Crippen LogP contribution >= 0.6 is 0 Å². The van der Waals surface area contributed by atoms with Crippen molar-refractivity contribution in [3.8, 4) is 0 Å². The number of nitrogens with zero attached hydrogens (tertiary/aromatic N) is 2. The summed E-state index contributed by atoms with van der Waals surface area (Å²) in [5.74, 6) is 0. The van der Waals surface area contributed by atoms with E-state index in [2.05, 4.69) is 16.3 Å². The van der Waals surface area contributed by atoms with Gasteiger partial charge in [0.1, 0.15) is 0 Å². The molecule has 2 rings (SSSR count). The first-order valence-corrected chi connectivity index (χ1v) is 5.50. The molecule has 0 heterocycles. The van der Waals surface area contributed by atoms with Crippen LogP contribution in [0.15, 0.2) is 52.7 Å². The molecule has 0 fully saturated rings. The van der Waals surface area contributed by atoms with Gasteiger partial charge in [0.25, 0.3) is 0 Å². The Morgan fingerprint density at radius 3 is 2.29 bits per heavy atom. The maximum Gasteiger partial charge on any atom is 0.0888 e. The van der Waals surface area contributed by atoms with Crippen LogP contribution in [0.5, 0.6) is 0 Å². The van der Waals surface area contributed by atoms with Crippen molar-refractivity contribution < 1.29 is 0 Å². The average Bonchev–Trinajstić information content (AvgIpc) is 2.32. The highest BCUT2D eigenvalue weighted by Gasteiger charge is 1.96. The number of nitrogen functional groups attached to an aromatic ring is 1.